The molecule has 0 aliphatic carbocycles. The molecule has 104 valence electrons. The Labute approximate surface area is 114 Å². The van der Waals surface area contributed by atoms with Gasteiger partial charge < -0.3 is 10.1 Å². The Hall–Kier alpha value is -0.680. The maximum Gasteiger partial charge on any atom is 0.161 e. The van der Waals surface area contributed by atoms with Gasteiger partial charge in [-0.25, -0.2) is 0 Å². The number of ether oxygens (including phenoxy) is 1. The highest BCUT2D eigenvalue weighted by molar-refractivity contribution is 7.99. The van der Waals surface area contributed by atoms with Gasteiger partial charge in [0.15, 0.2) is 5.75 Å². The first kappa shape index (κ1) is 15.4. The van der Waals surface area contributed by atoms with Crippen LogP contribution in [0.5, 0.6) is 5.75 Å². The van der Waals surface area contributed by atoms with Crippen LogP contribution in [-0.4, -0.2) is 34.9 Å². The fourth-order valence-electron chi connectivity index (χ4n) is 1.86. The first-order valence-corrected chi connectivity index (χ1v) is 7.57. The summed E-state index contributed by atoms with van der Waals surface area (Å²) in [6, 6.07) is 0.279. The Balaban J connectivity index is 2.90. The zero-order chi connectivity index (χ0) is 13.5. The number of thioether (sulfide) groups is 1. The van der Waals surface area contributed by atoms with E-state index < -0.39 is 0 Å². The van der Waals surface area contributed by atoms with Crippen molar-refractivity contribution in [2.75, 3.05) is 19.9 Å². The summed E-state index contributed by atoms with van der Waals surface area (Å²) in [5, 5.41) is 8.42. The van der Waals surface area contributed by atoms with Crippen molar-refractivity contribution in [2.24, 2.45) is 0 Å². The van der Waals surface area contributed by atoms with E-state index in [1.807, 2.05) is 25.0 Å². The highest BCUT2D eigenvalue weighted by Crippen LogP contribution is 2.28. The third kappa shape index (κ3) is 3.92. The number of rotatable bonds is 8. The van der Waals surface area contributed by atoms with Crippen molar-refractivity contribution in [3.63, 3.8) is 0 Å². The van der Waals surface area contributed by atoms with Gasteiger partial charge in [-0.2, -0.15) is 16.9 Å². The van der Waals surface area contributed by atoms with Gasteiger partial charge in [-0.05, 0) is 18.7 Å². The SMILES string of the molecule is CCCn1ncc(OC)c1C(CSC(C)C)NC. The minimum Gasteiger partial charge on any atom is -0.493 e. The second-order valence-corrected chi connectivity index (χ2v) is 6.15. The van der Waals surface area contributed by atoms with Crippen LogP contribution in [0.15, 0.2) is 6.20 Å². The molecule has 0 aliphatic heterocycles. The standard InChI is InChI=1S/C13H25N3OS/c1-6-7-16-13(12(17-5)8-15-16)11(14-4)9-18-10(2)3/h8,10-11,14H,6-7,9H2,1-5H3. The number of hydrogen-bond acceptors (Lipinski definition) is 4. The first-order valence-electron chi connectivity index (χ1n) is 6.52. The molecule has 0 aromatic carbocycles. The highest BCUT2D eigenvalue weighted by atomic mass is 32.2. The number of aromatic nitrogens is 2. The van der Waals surface area contributed by atoms with E-state index in [-0.39, 0.29) is 6.04 Å². The average Bonchev–Trinajstić information content (AvgIpc) is 2.74. The monoisotopic (exact) mass is 271 g/mol. The van der Waals surface area contributed by atoms with E-state index in [1.165, 1.54) is 0 Å². The molecular formula is C13H25N3OS. The van der Waals surface area contributed by atoms with E-state index in [0.29, 0.717) is 5.25 Å². The maximum atomic E-state index is 5.43. The summed E-state index contributed by atoms with van der Waals surface area (Å²) in [5.41, 5.74) is 1.16. The zero-order valence-electron chi connectivity index (χ0n) is 12.1. The van der Waals surface area contributed by atoms with E-state index in [4.69, 9.17) is 4.74 Å². The first-order chi connectivity index (χ1) is 8.63. The van der Waals surface area contributed by atoms with Crippen molar-refractivity contribution in [1.29, 1.82) is 0 Å². The van der Waals surface area contributed by atoms with Gasteiger partial charge in [-0.3, -0.25) is 4.68 Å². The number of nitrogens with one attached hydrogen (secondary N) is 1. The van der Waals surface area contributed by atoms with Gasteiger partial charge in [0.1, 0.15) is 0 Å². The zero-order valence-corrected chi connectivity index (χ0v) is 12.9. The Morgan fingerprint density at radius 1 is 1.50 bits per heavy atom. The molecule has 0 amide bonds. The van der Waals surface area contributed by atoms with Gasteiger partial charge in [-0.15, -0.1) is 0 Å². The largest absolute Gasteiger partial charge is 0.493 e. The second-order valence-electron chi connectivity index (χ2n) is 4.54. The molecule has 1 aromatic heterocycles. The number of nitrogens with zero attached hydrogens (tertiary/aromatic N) is 2. The third-order valence-corrected chi connectivity index (χ3v) is 3.97. The summed E-state index contributed by atoms with van der Waals surface area (Å²) in [5.74, 6) is 1.91. The smallest absolute Gasteiger partial charge is 0.161 e. The lowest BCUT2D eigenvalue weighted by molar-refractivity contribution is 0.398. The van der Waals surface area contributed by atoms with E-state index in [2.05, 4.69) is 35.9 Å². The normalized spacial score (nSPS) is 13.0. The fourth-order valence-corrected chi connectivity index (χ4v) is 2.77. The molecule has 18 heavy (non-hydrogen) atoms. The van der Waals surface area contributed by atoms with Crippen LogP contribution in [0.2, 0.25) is 0 Å². The molecule has 0 bridgehead atoms. The van der Waals surface area contributed by atoms with Crippen LogP contribution in [-0.2, 0) is 6.54 Å². The summed E-state index contributed by atoms with van der Waals surface area (Å²) in [4.78, 5) is 0. The van der Waals surface area contributed by atoms with Crippen molar-refractivity contribution >= 4 is 11.8 Å². The molecule has 1 N–H and O–H groups in total. The Kier molecular flexibility index (Phi) is 6.57. The number of hydrogen-bond donors (Lipinski definition) is 1. The molecule has 1 unspecified atom stereocenters. The minimum atomic E-state index is 0.279. The van der Waals surface area contributed by atoms with Crippen molar-refractivity contribution in [2.45, 2.75) is 45.0 Å². The summed E-state index contributed by atoms with van der Waals surface area (Å²) in [7, 11) is 3.70. The fraction of sp³-hybridized carbons (Fsp3) is 0.769. The summed E-state index contributed by atoms with van der Waals surface area (Å²) < 4.78 is 7.49. The summed E-state index contributed by atoms with van der Waals surface area (Å²) in [6.45, 7) is 7.54. The van der Waals surface area contributed by atoms with Crippen LogP contribution in [0.25, 0.3) is 0 Å². The predicted molar refractivity (Wildman–Crippen MR) is 78.5 cm³/mol. The quantitative estimate of drug-likeness (QED) is 0.789. The van der Waals surface area contributed by atoms with E-state index in [1.54, 1.807) is 7.11 Å². The van der Waals surface area contributed by atoms with Crippen LogP contribution in [0.1, 0.15) is 38.9 Å². The van der Waals surface area contributed by atoms with Crippen LogP contribution in [0.3, 0.4) is 0 Å². The van der Waals surface area contributed by atoms with Gasteiger partial charge >= 0.3 is 0 Å². The van der Waals surface area contributed by atoms with Crippen molar-refractivity contribution in [3.05, 3.63) is 11.9 Å². The number of methoxy groups -OCH3 is 1. The molecule has 1 rings (SSSR count). The van der Waals surface area contributed by atoms with E-state index >= 15 is 0 Å². The van der Waals surface area contributed by atoms with E-state index in [9.17, 15) is 0 Å². The lowest BCUT2D eigenvalue weighted by Gasteiger charge is -2.19. The molecule has 1 heterocycles. The lowest BCUT2D eigenvalue weighted by atomic mass is 10.2. The molecule has 0 radical (unpaired) electrons. The van der Waals surface area contributed by atoms with Gasteiger partial charge in [0, 0.05) is 12.3 Å². The molecular weight excluding hydrogens is 246 g/mol. The topological polar surface area (TPSA) is 39.1 Å². The van der Waals surface area contributed by atoms with E-state index in [0.717, 1.165) is 30.2 Å². The van der Waals surface area contributed by atoms with Gasteiger partial charge in [0.25, 0.3) is 0 Å². The third-order valence-electron chi connectivity index (χ3n) is 2.77. The Morgan fingerprint density at radius 3 is 2.72 bits per heavy atom. The molecule has 0 saturated carbocycles. The van der Waals surface area contributed by atoms with Gasteiger partial charge in [-0.1, -0.05) is 20.8 Å². The molecule has 0 spiro atoms. The molecule has 1 aromatic rings. The predicted octanol–water partition coefficient (Wildman–Crippen LogP) is 2.70. The Morgan fingerprint density at radius 2 is 2.22 bits per heavy atom. The molecule has 0 aliphatic rings. The number of aryl methyl sites for hydroxylation is 1. The lowest BCUT2D eigenvalue weighted by Crippen LogP contribution is -2.23. The second kappa shape index (κ2) is 7.69. The molecule has 5 heteroatoms. The van der Waals surface area contributed by atoms with Crippen molar-refractivity contribution in [1.82, 2.24) is 15.1 Å². The molecule has 1 atom stereocenters. The van der Waals surface area contributed by atoms with Crippen LogP contribution < -0.4 is 10.1 Å². The molecule has 4 nitrogen and oxygen atoms in total. The highest BCUT2D eigenvalue weighted by Gasteiger charge is 2.20. The van der Waals surface area contributed by atoms with Gasteiger partial charge in [0.05, 0.1) is 25.0 Å². The van der Waals surface area contributed by atoms with Crippen molar-refractivity contribution < 1.29 is 4.74 Å². The average molecular weight is 271 g/mol. The van der Waals surface area contributed by atoms with Crippen LogP contribution in [0, 0.1) is 0 Å². The Bertz CT molecular complexity index is 352. The maximum absolute atomic E-state index is 5.43. The molecule has 0 fully saturated rings. The summed E-state index contributed by atoms with van der Waals surface area (Å²) in [6.07, 6.45) is 2.89. The van der Waals surface area contributed by atoms with Gasteiger partial charge in [0.2, 0.25) is 0 Å². The summed E-state index contributed by atoms with van der Waals surface area (Å²) >= 11 is 1.95. The molecule has 0 saturated heterocycles. The van der Waals surface area contributed by atoms with Crippen molar-refractivity contribution in [3.8, 4) is 5.75 Å². The van der Waals surface area contributed by atoms with Crippen LogP contribution in [0.4, 0.5) is 0 Å². The van der Waals surface area contributed by atoms with Crippen LogP contribution >= 0.6 is 11.8 Å². The minimum absolute atomic E-state index is 0.279.